The lowest BCUT2D eigenvalue weighted by molar-refractivity contribution is -0.870. The number of amides is 1. The van der Waals surface area contributed by atoms with Gasteiger partial charge in [-0.05, 0) is 96.0 Å². The maximum absolute atomic E-state index is 13.6. The third-order valence-corrected chi connectivity index (χ3v) is 14.2. The number of carbonyl (C=O) groups excluding carboxylic acids is 2. The summed E-state index contributed by atoms with van der Waals surface area (Å²) in [5, 5.41) is 3.01. The zero-order valence-corrected chi connectivity index (χ0v) is 52.2. The van der Waals surface area contributed by atoms with E-state index in [1.807, 2.05) is 94.1 Å². The van der Waals surface area contributed by atoms with Gasteiger partial charge in [0.2, 0.25) is 5.91 Å². The van der Waals surface area contributed by atoms with Gasteiger partial charge in [0.25, 0.3) is 7.82 Å². The van der Waals surface area contributed by atoms with Crippen molar-refractivity contribution in [2.75, 3.05) is 40.9 Å². The summed E-state index contributed by atoms with van der Waals surface area (Å²) in [6, 6.07) is -0.923. The Hall–Kier alpha value is -3.85. The quantitative estimate of drug-likeness (QED) is 0.0161. The molecule has 0 aliphatic heterocycles. The fraction of sp³-hybridized carbons (Fsp3) is 0.652. The average Bonchev–Trinajstić information content (AvgIpc) is 3.41. The first-order valence-electron chi connectivity index (χ1n) is 31.6. The van der Waals surface area contributed by atoms with Crippen LogP contribution in [0.25, 0.3) is 0 Å². The molecule has 0 aromatic carbocycles. The van der Waals surface area contributed by atoms with E-state index in [0.29, 0.717) is 23.9 Å². The van der Waals surface area contributed by atoms with Crippen LogP contribution in [0.3, 0.4) is 0 Å². The summed E-state index contributed by atoms with van der Waals surface area (Å²) in [5.74, 6) is -0.613. The number of phosphoric ester groups is 1. The van der Waals surface area contributed by atoms with Gasteiger partial charge >= 0.3 is 5.97 Å². The lowest BCUT2D eigenvalue weighted by Gasteiger charge is -2.30. The van der Waals surface area contributed by atoms with E-state index < -0.39 is 26.6 Å². The molecule has 0 aromatic heterocycles. The maximum Gasteiger partial charge on any atom is 0.306 e. The Bertz CT molecular complexity index is 1810. The van der Waals surface area contributed by atoms with Crippen molar-refractivity contribution in [2.45, 2.75) is 251 Å². The van der Waals surface area contributed by atoms with Gasteiger partial charge in [-0.3, -0.25) is 14.2 Å². The fourth-order valence-corrected chi connectivity index (χ4v) is 9.08. The van der Waals surface area contributed by atoms with Crippen molar-refractivity contribution in [1.82, 2.24) is 5.32 Å². The predicted molar refractivity (Wildman–Crippen MR) is 339 cm³/mol. The molecule has 0 bridgehead atoms. The number of carbonyl (C=O) groups is 2. The zero-order valence-electron chi connectivity index (χ0n) is 51.3. The van der Waals surface area contributed by atoms with E-state index in [2.05, 4.69) is 86.8 Å². The lowest BCUT2D eigenvalue weighted by Crippen LogP contribution is -2.47. The number of unbranched alkanes of at least 4 members (excludes halogenated alkanes) is 24. The zero-order chi connectivity index (χ0) is 57.9. The highest BCUT2D eigenvalue weighted by Crippen LogP contribution is 2.38. The molecule has 0 radical (unpaired) electrons. The van der Waals surface area contributed by atoms with Gasteiger partial charge in [0.05, 0.1) is 33.8 Å². The molecule has 0 fully saturated rings. The normalized spacial score (nSPS) is 14.6. The third-order valence-electron chi connectivity index (χ3n) is 13.2. The van der Waals surface area contributed by atoms with Gasteiger partial charge < -0.3 is 28.5 Å². The van der Waals surface area contributed by atoms with Crippen molar-refractivity contribution >= 4 is 19.7 Å². The number of nitrogens with zero attached hydrogens (tertiary/aromatic N) is 1. The van der Waals surface area contributed by atoms with Gasteiger partial charge in [-0.15, -0.1) is 0 Å². The molecule has 1 amide bonds. The van der Waals surface area contributed by atoms with Crippen molar-refractivity contribution in [3.8, 4) is 0 Å². The molecule has 10 heteroatoms. The minimum Gasteiger partial charge on any atom is -0.756 e. The molecule has 0 spiro atoms. The van der Waals surface area contributed by atoms with Crippen molar-refractivity contribution in [3.63, 3.8) is 0 Å². The van der Waals surface area contributed by atoms with Crippen LogP contribution in [-0.2, 0) is 27.9 Å². The van der Waals surface area contributed by atoms with Gasteiger partial charge in [0.1, 0.15) is 19.3 Å². The Balaban J connectivity index is 5.36. The van der Waals surface area contributed by atoms with Crippen molar-refractivity contribution < 1.29 is 37.3 Å². The molecule has 3 atom stereocenters. The maximum atomic E-state index is 13.6. The number of phosphoric acid groups is 1. The van der Waals surface area contributed by atoms with E-state index in [0.717, 1.165) is 89.9 Å². The second-order valence-corrected chi connectivity index (χ2v) is 23.4. The first-order chi connectivity index (χ1) is 38.4. The molecular weight excluding hydrogens is 1000 g/mol. The van der Waals surface area contributed by atoms with E-state index in [1.54, 1.807) is 0 Å². The summed E-state index contributed by atoms with van der Waals surface area (Å²) in [7, 11) is 1.13. The van der Waals surface area contributed by atoms with E-state index in [9.17, 15) is 19.0 Å². The van der Waals surface area contributed by atoms with Crippen LogP contribution >= 0.6 is 7.82 Å². The minimum absolute atomic E-state index is 0.0401. The molecule has 0 rings (SSSR count). The number of quaternary nitrogens is 1. The Morgan fingerprint density at radius 2 is 0.861 bits per heavy atom. The highest BCUT2D eigenvalue weighted by atomic mass is 31.2. The molecule has 0 saturated heterocycles. The van der Waals surface area contributed by atoms with Gasteiger partial charge in [0.15, 0.2) is 0 Å². The Kier molecular flexibility index (Phi) is 54.6. The van der Waals surface area contributed by atoms with Crippen LogP contribution in [-0.4, -0.2) is 69.4 Å². The standard InChI is InChI=1S/C69H117N2O7P/c1-7-10-13-16-19-22-25-28-30-32-33-34-35-36-37-39-40-43-46-49-52-55-58-61-68(72)70-66(65-77-79(74,75)76-64-63-71(4,5)6)67(60-57-54-51-48-45-42-27-24-21-18-15-12-9-3)78-69(73)62-59-56-53-50-47-44-41-38-31-29-26-23-20-17-14-11-8-2/h11,14,17,19-20,22-23,26,28-31,33-34,36-38,41,44,47,57,60,66-67H,7-10,12-13,15-16,18,21,24-25,27,32,35,39-40,42-43,45-46,48-56,58-59,61-65H2,1-6H3,(H-,70,72,74,75)/b14-11-,20-17+,22-19-,26-23+,30-28-,31-29-,34-33-,37-36-,41-38+,47-44+,60-57-. The van der Waals surface area contributed by atoms with Crippen molar-refractivity contribution in [2.24, 2.45) is 0 Å². The highest BCUT2D eigenvalue weighted by Gasteiger charge is 2.27. The van der Waals surface area contributed by atoms with Crippen LogP contribution in [0, 0.1) is 0 Å². The molecule has 0 aromatic rings. The smallest absolute Gasteiger partial charge is 0.306 e. The summed E-state index contributed by atoms with van der Waals surface area (Å²) in [6.45, 7) is 6.62. The number of nitrogens with one attached hydrogen (secondary N) is 1. The van der Waals surface area contributed by atoms with Crippen LogP contribution < -0.4 is 10.2 Å². The first-order valence-corrected chi connectivity index (χ1v) is 33.0. The van der Waals surface area contributed by atoms with Gasteiger partial charge in [0, 0.05) is 12.8 Å². The van der Waals surface area contributed by atoms with E-state index in [4.69, 9.17) is 13.8 Å². The highest BCUT2D eigenvalue weighted by molar-refractivity contribution is 7.45. The van der Waals surface area contributed by atoms with Gasteiger partial charge in [-0.25, -0.2) is 0 Å². The number of likely N-dealkylation sites (N-methyl/N-ethyl adjacent to an activating group) is 1. The second-order valence-electron chi connectivity index (χ2n) is 22.0. The number of allylic oxidation sites excluding steroid dienone is 21. The first kappa shape index (κ1) is 75.2. The van der Waals surface area contributed by atoms with Crippen molar-refractivity contribution in [3.05, 3.63) is 134 Å². The molecule has 0 aliphatic rings. The largest absolute Gasteiger partial charge is 0.756 e. The summed E-state index contributed by atoms with van der Waals surface area (Å²) >= 11 is 0. The number of hydrogen-bond acceptors (Lipinski definition) is 7. The average molecular weight is 1120 g/mol. The van der Waals surface area contributed by atoms with E-state index >= 15 is 0 Å². The van der Waals surface area contributed by atoms with Crippen LogP contribution in [0.1, 0.15) is 239 Å². The van der Waals surface area contributed by atoms with E-state index in [-0.39, 0.29) is 31.3 Å². The topological polar surface area (TPSA) is 114 Å². The molecule has 450 valence electrons. The third kappa shape index (κ3) is 58.6. The summed E-state index contributed by atoms with van der Waals surface area (Å²) < 4.78 is 30.3. The Morgan fingerprint density at radius 3 is 1.37 bits per heavy atom. The van der Waals surface area contributed by atoms with Gasteiger partial charge in [-0.2, -0.15) is 0 Å². The summed E-state index contributed by atoms with van der Waals surface area (Å²) in [6.07, 6.45) is 81.3. The van der Waals surface area contributed by atoms with Crippen LogP contribution in [0.5, 0.6) is 0 Å². The number of hydrogen-bond donors (Lipinski definition) is 1. The molecule has 79 heavy (non-hydrogen) atoms. The fourth-order valence-electron chi connectivity index (χ4n) is 8.36. The Labute approximate surface area is 485 Å². The number of ether oxygens (including phenoxy) is 1. The van der Waals surface area contributed by atoms with Crippen LogP contribution in [0.15, 0.2) is 134 Å². The summed E-state index contributed by atoms with van der Waals surface area (Å²) in [4.78, 5) is 40.0. The molecule has 9 nitrogen and oxygen atoms in total. The minimum atomic E-state index is -4.72. The monoisotopic (exact) mass is 1120 g/mol. The predicted octanol–water partition coefficient (Wildman–Crippen LogP) is 19.0. The molecular formula is C69H117N2O7P. The van der Waals surface area contributed by atoms with Crippen LogP contribution in [0.2, 0.25) is 0 Å². The lowest BCUT2D eigenvalue weighted by atomic mass is 10.0. The van der Waals surface area contributed by atoms with Gasteiger partial charge in [-0.1, -0.05) is 264 Å². The van der Waals surface area contributed by atoms with E-state index in [1.165, 1.54) is 103 Å². The van der Waals surface area contributed by atoms with Crippen molar-refractivity contribution in [1.29, 1.82) is 0 Å². The summed E-state index contributed by atoms with van der Waals surface area (Å²) in [5.41, 5.74) is 0. The number of esters is 1. The van der Waals surface area contributed by atoms with Crippen LogP contribution in [0.4, 0.5) is 0 Å². The second kappa shape index (κ2) is 57.4. The molecule has 0 aliphatic carbocycles. The molecule has 1 N–H and O–H groups in total. The molecule has 0 saturated carbocycles. The SMILES string of the molecule is CC\C=C/C=C/C=C/C=C\C=C\C=C\CCCCCC(=O)OC(/C=C\CCCCCCCCCCCCC)C(COP(=O)([O-])OCC[N+](C)(C)C)NC(=O)CCCCCCCCC/C=C\C/C=C\C/C=C\C/C=C\CCCCC. The number of rotatable bonds is 55. The molecule has 3 unspecified atom stereocenters. The Morgan fingerprint density at radius 1 is 0.468 bits per heavy atom. The molecule has 0 heterocycles.